The molecule has 2 N–H and O–H groups in total. The molecule has 1 aliphatic heterocycles. The molecule has 0 aromatic carbocycles. The van der Waals surface area contributed by atoms with Gasteiger partial charge in [-0.3, -0.25) is 0 Å². The van der Waals surface area contributed by atoms with Crippen LogP contribution in [0.5, 0.6) is 0 Å². The van der Waals surface area contributed by atoms with Crippen LogP contribution >= 0.6 is 11.3 Å². The fourth-order valence-electron chi connectivity index (χ4n) is 1.88. The van der Waals surface area contributed by atoms with Crippen LogP contribution in [0.4, 0.5) is 5.13 Å². The van der Waals surface area contributed by atoms with Crippen molar-refractivity contribution in [2.24, 2.45) is 11.1 Å². The van der Waals surface area contributed by atoms with Crippen molar-refractivity contribution >= 4 is 26.5 Å². The molecule has 1 aromatic rings. The van der Waals surface area contributed by atoms with Crippen LogP contribution in [0, 0.1) is 5.92 Å². The molecular formula is C9H15N3O2S2. The highest BCUT2D eigenvalue weighted by molar-refractivity contribution is 7.91. The average molecular weight is 261 g/mol. The molecule has 0 amide bonds. The first kappa shape index (κ1) is 11.8. The molecule has 0 spiro atoms. The van der Waals surface area contributed by atoms with E-state index in [1.165, 1.54) is 6.20 Å². The number of anilines is 1. The largest absolute Gasteiger partial charge is 0.345 e. The van der Waals surface area contributed by atoms with Crippen molar-refractivity contribution < 1.29 is 8.42 Å². The second-order valence-corrected chi connectivity index (χ2v) is 7.00. The highest BCUT2D eigenvalue weighted by Crippen LogP contribution is 2.33. The Labute approximate surface area is 99.3 Å². The molecule has 1 aliphatic rings. The third kappa shape index (κ3) is 2.07. The molecule has 0 radical (unpaired) electrons. The van der Waals surface area contributed by atoms with Crippen LogP contribution in [0.15, 0.2) is 10.4 Å². The maximum absolute atomic E-state index is 11.1. The number of nitrogens with zero attached hydrogens (tertiary/aromatic N) is 2. The van der Waals surface area contributed by atoms with E-state index < -0.39 is 10.0 Å². The van der Waals surface area contributed by atoms with Crippen molar-refractivity contribution in [3.05, 3.63) is 6.20 Å². The Hall–Kier alpha value is -0.660. The van der Waals surface area contributed by atoms with Gasteiger partial charge in [0.05, 0.1) is 6.20 Å². The molecule has 1 aromatic heterocycles. The van der Waals surface area contributed by atoms with Crippen LogP contribution in [0.1, 0.15) is 20.3 Å². The van der Waals surface area contributed by atoms with E-state index in [1.54, 1.807) is 0 Å². The fraction of sp³-hybridized carbons (Fsp3) is 0.667. The maximum atomic E-state index is 11.1. The van der Waals surface area contributed by atoms with Gasteiger partial charge in [-0.2, -0.15) is 0 Å². The van der Waals surface area contributed by atoms with E-state index >= 15 is 0 Å². The zero-order valence-electron chi connectivity index (χ0n) is 9.25. The zero-order chi connectivity index (χ0) is 11.9. The van der Waals surface area contributed by atoms with Gasteiger partial charge in [-0.1, -0.05) is 18.3 Å². The van der Waals surface area contributed by atoms with E-state index in [-0.39, 0.29) is 4.21 Å². The van der Waals surface area contributed by atoms with Gasteiger partial charge in [-0.05, 0) is 19.3 Å². The summed E-state index contributed by atoms with van der Waals surface area (Å²) in [6, 6.07) is 0.402. The van der Waals surface area contributed by atoms with Gasteiger partial charge in [-0.15, -0.1) is 0 Å². The lowest BCUT2D eigenvalue weighted by molar-refractivity contribution is 0.546. The Bertz CT molecular complexity index is 483. The van der Waals surface area contributed by atoms with Crippen LogP contribution in [0.25, 0.3) is 0 Å². The molecule has 0 bridgehead atoms. The van der Waals surface area contributed by atoms with Crippen LogP contribution in [0.2, 0.25) is 0 Å². The highest BCUT2D eigenvalue weighted by atomic mass is 32.2. The van der Waals surface area contributed by atoms with Gasteiger partial charge in [0.25, 0.3) is 0 Å². The Morgan fingerprint density at radius 3 is 2.69 bits per heavy atom. The van der Waals surface area contributed by atoms with Crippen molar-refractivity contribution in [1.29, 1.82) is 0 Å². The molecule has 1 saturated heterocycles. The topological polar surface area (TPSA) is 76.3 Å². The Morgan fingerprint density at radius 2 is 2.25 bits per heavy atom. The molecule has 2 heterocycles. The van der Waals surface area contributed by atoms with E-state index in [0.29, 0.717) is 12.0 Å². The lowest BCUT2D eigenvalue weighted by Crippen LogP contribution is -2.28. The first-order valence-corrected chi connectivity index (χ1v) is 7.51. The number of sulfonamides is 1. The number of primary sulfonamides is 1. The molecule has 1 fully saturated rings. The van der Waals surface area contributed by atoms with Gasteiger partial charge < -0.3 is 4.90 Å². The summed E-state index contributed by atoms with van der Waals surface area (Å²) in [7, 11) is -3.61. The van der Waals surface area contributed by atoms with Crippen molar-refractivity contribution in [2.75, 3.05) is 11.4 Å². The molecule has 7 heteroatoms. The summed E-state index contributed by atoms with van der Waals surface area (Å²) in [6.07, 6.45) is 2.45. The summed E-state index contributed by atoms with van der Waals surface area (Å²) < 4.78 is 22.4. The Balaban J connectivity index is 2.26. The summed E-state index contributed by atoms with van der Waals surface area (Å²) in [5.74, 6) is 0.613. The molecule has 5 nitrogen and oxygen atoms in total. The van der Waals surface area contributed by atoms with E-state index in [1.807, 2.05) is 0 Å². The minimum atomic E-state index is -3.61. The van der Waals surface area contributed by atoms with E-state index in [9.17, 15) is 8.42 Å². The minimum Gasteiger partial charge on any atom is -0.345 e. The van der Waals surface area contributed by atoms with Crippen LogP contribution in [0.3, 0.4) is 0 Å². The number of thiazole rings is 1. The number of nitrogens with two attached hydrogens (primary N) is 1. The molecule has 16 heavy (non-hydrogen) atoms. The van der Waals surface area contributed by atoms with E-state index in [0.717, 1.165) is 29.4 Å². The van der Waals surface area contributed by atoms with E-state index in [2.05, 4.69) is 23.7 Å². The third-order valence-electron chi connectivity index (χ3n) is 3.14. The predicted octanol–water partition coefficient (Wildman–Crippen LogP) is 1.03. The smallest absolute Gasteiger partial charge is 0.249 e. The lowest BCUT2D eigenvalue weighted by atomic mass is 10.1. The first-order valence-electron chi connectivity index (χ1n) is 5.15. The Kier molecular flexibility index (Phi) is 2.93. The fourth-order valence-corrected chi connectivity index (χ4v) is 3.53. The maximum Gasteiger partial charge on any atom is 0.249 e. The molecule has 0 saturated carbocycles. The number of hydrogen-bond acceptors (Lipinski definition) is 5. The molecule has 2 rings (SSSR count). The second-order valence-electron chi connectivity index (χ2n) is 4.21. The van der Waals surface area contributed by atoms with Gasteiger partial charge in [0, 0.05) is 12.6 Å². The normalized spacial score (nSPS) is 26.3. The second kappa shape index (κ2) is 3.97. The standard InChI is InChI=1S/C9H15N3O2S2/c1-6-3-4-12(7(6)2)9-11-5-8(15-9)16(10,13)14/h5-7H,3-4H2,1-2H3,(H2,10,13,14). The first-order chi connectivity index (χ1) is 7.39. The summed E-state index contributed by atoms with van der Waals surface area (Å²) in [6.45, 7) is 5.26. The summed E-state index contributed by atoms with van der Waals surface area (Å²) in [5, 5.41) is 5.81. The molecule has 90 valence electrons. The van der Waals surface area contributed by atoms with Crippen molar-refractivity contribution in [3.8, 4) is 0 Å². The SMILES string of the molecule is CC1CCN(c2ncc(S(N)(=O)=O)s2)C1C. The van der Waals surface area contributed by atoms with Crippen LogP contribution in [-0.2, 0) is 10.0 Å². The van der Waals surface area contributed by atoms with Crippen molar-refractivity contribution in [3.63, 3.8) is 0 Å². The molecular weight excluding hydrogens is 246 g/mol. The average Bonchev–Trinajstić information content (AvgIpc) is 2.74. The summed E-state index contributed by atoms with van der Waals surface area (Å²) in [4.78, 5) is 6.28. The van der Waals surface area contributed by atoms with E-state index in [4.69, 9.17) is 5.14 Å². The van der Waals surface area contributed by atoms with Crippen LogP contribution < -0.4 is 10.0 Å². The van der Waals surface area contributed by atoms with Gasteiger partial charge in [0.1, 0.15) is 0 Å². The van der Waals surface area contributed by atoms with Crippen LogP contribution in [-0.4, -0.2) is 26.0 Å². The zero-order valence-corrected chi connectivity index (χ0v) is 10.9. The van der Waals surface area contributed by atoms with Crippen molar-refractivity contribution in [2.45, 2.75) is 30.5 Å². The number of rotatable bonds is 2. The van der Waals surface area contributed by atoms with Gasteiger partial charge in [0.15, 0.2) is 9.34 Å². The minimum absolute atomic E-state index is 0.134. The van der Waals surface area contributed by atoms with Gasteiger partial charge in [0.2, 0.25) is 10.0 Å². The number of hydrogen-bond donors (Lipinski definition) is 1. The lowest BCUT2D eigenvalue weighted by Gasteiger charge is -2.22. The quantitative estimate of drug-likeness (QED) is 0.862. The Morgan fingerprint density at radius 1 is 1.56 bits per heavy atom. The monoisotopic (exact) mass is 261 g/mol. The van der Waals surface area contributed by atoms with Gasteiger partial charge >= 0.3 is 0 Å². The highest BCUT2D eigenvalue weighted by Gasteiger charge is 2.29. The third-order valence-corrected chi connectivity index (χ3v) is 5.58. The number of aromatic nitrogens is 1. The molecule has 2 unspecified atom stereocenters. The summed E-state index contributed by atoms with van der Waals surface area (Å²) in [5.41, 5.74) is 0. The predicted molar refractivity (Wildman–Crippen MR) is 64.1 cm³/mol. The van der Waals surface area contributed by atoms with Gasteiger partial charge in [-0.25, -0.2) is 18.5 Å². The molecule has 0 aliphatic carbocycles. The molecule has 2 atom stereocenters. The summed E-state index contributed by atoms with van der Waals surface area (Å²) >= 11 is 1.14. The van der Waals surface area contributed by atoms with Crippen molar-refractivity contribution in [1.82, 2.24) is 4.98 Å².